The van der Waals surface area contributed by atoms with E-state index in [9.17, 15) is 9.50 Å². The summed E-state index contributed by atoms with van der Waals surface area (Å²) in [5, 5.41) is 9.57. The molecule has 3 nitrogen and oxygen atoms in total. The first kappa shape index (κ1) is 12.3. The van der Waals surface area contributed by atoms with E-state index in [1.54, 1.807) is 18.2 Å². The highest BCUT2D eigenvalue weighted by Crippen LogP contribution is 2.22. The lowest BCUT2D eigenvalue weighted by Gasteiger charge is -2.30. The zero-order chi connectivity index (χ0) is 12.3. The molecule has 1 aromatic rings. The minimum atomic E-state index is -0.296. The van der Waals surface area contributed by atoms with Crippen LogP contribution in [0, 0.1) is 5.82 Å². The average Bonchev–Trinajstić information content (AvgIpc) is 2.32. The summed E-state index contributed by atoms with van der Waals surface area (Å²) in [4.78, 5) is 2.08. The van der Waals surface area contributed by atoms with E-state index in [-0.39, 0.29) is 17.7 Å². The predicted octanol–water partition coefficient (Wildman–Crippen LogP) is 1.79. The van der Waals surface area contributed by atoms with Gasteiger partial charge in [-0.05, 0) is 25.5 Å². The lowest BCUT2D eigenvalue weighted by Crippen LogP contribution is -2.37. The molecule has 0 radical (unpaired) electrons. The van der Waals surface area contributed by atoms with Crippen molar-refractivity contribution in [3.8, 4) is 5.75 Å². The van der Waals surface area contributed by atoms with Gasteiger partial charge in [0.25, 0.3) is 0 Å². The van der Waals surface area contributed by atoms with E-state index in [4.69, 9.17) is 4.74 Å². The highest BCUT2D eigenvalue weighted by molar-refractivity contribution is 5.31. The first-order valence-electron chi connectivity index (χ1n) is 5.92. The van der Waals surface area contributed by atoms with E-state index < -0.39 is 0 Å². The summed E-state index contributed by atoms with van der Waals surface area (Å²) in [6.07, 6.45) is 1.53. The number of methoxy groups -OCH3 is 1. The summed E-state index contributed by atoms with van der Waals surface area (Å²) in [6, 6.07) is 5.17. The molecular formula is C13H18FNO2. The maximum atomic E-state index is 13.9. The summed E-state index contributed by atoms with van der Waals surface area (Å²) in [6.45, 7) is 2.06. The summed E-state index contributed by atoms with van der Waals surface area (Å²) < 4.78 is 18.9. The van der Waals surface area contributed by atoms with Crippen LogP contribution in [-0.2, 0) is 6.54 Å². The molecule has 0 amide bonds. The molecule has 0 aromatic heterocycles. The zero-order valence-corrected chi connectivity index (χ0v) is 10.0. The highest BCUT2D eigenvalue weighted by Gasteiger charge is 2.19. The molecule has 0 aliphatic carbocycles. The number of likely N-dealkylation sites (tertiary alicyclic amines) is 1. The van der Waals surface area contributed by atoms with E-state index in [0.29, 0.717) is 18.7 Å². The average molecular weight is 239 g/mol. The fraction of sp³-hybridized carbons (Fsp3) is 0.538. The fourth-order valence-corrected chi connectivity index (χ4v) is 2.25. The van der Waals surface area contributed by atoms with Crippen LogP contribution >= 0.6 is 0 Å². The first-order valence-corrected chi connectivity index (χ1v) is 5.92. The Hall–Kier alpha value is -1.13. The van der Waals surface area contributed by atoms with Crippen LogP contribution in [0.2, 0.25) is 0 Å². The maximum Gasteiger partial charge on any atom is 0.169 e. The molecule has 94 valence electrons. The van der Waals surface area contributed by atoms with Crippen LogP contribution in [0.3, 0.4) is 0 Å². The number of aliphatic hydroxyl groups is 1. The van der Waals surface area contributed by atoms with Crippen LogP contribution < -0.4 is 4.74 Å². The van der Waals surface area contributed by atoms with Gasteiger partial charge >= 0.3 is 0 Å². The van der Waals surface area contributed by atoms with E-state index in [1.807, 2.05) is 0 Å². The Morgan fingerprint density at radius 2 is 2.35 bits per heavy atom. The van der Waals surface area contributed by atoms with Crippen molar-refractivity contribution in [3.63, 3.8) is 0 Å². The second-order valence-electron chi connectivity index (χ2n) is 4.46. The van der Waals surface area contributed by atoms with Crippen LogP contribution in [0.5, 0.6) is 5.75 Å². The number of halogens is 1. The van der Waals surface area contributed by atoms with Gasteiger partial charge < -0.3 is 9.84 Å². The van der Waals surface area contributed by atoms with Gasteiger partial charge in [-0.25, -0.2) is 4.39 Å². The number of β-amino-alcohol motifs (C(OH)–C–C–N with tert-alkyl or cyclic N) is 1. The summed E-state index contributed by atoms with van der Waals surface area (Å²) in [5.41, 5.74) is 0.624. The Balaban J connectivity index is 2.07. The van der Waals surface area contributed by atoms with Crippen molar-refractivity contribution in [2.45, 2.75) is 25.5 Å². The molecule has 1 heterocycles. The van der Waals surface area contributed by atoms with Crippen LogP contribution in [0.25, 0.3) is 0 Å². The van der Waals surface area contributed by atoms with E-state index >= 15 is 0 Å². The van der Waals surface area contributed by atoms with Crippen LogP contribution in [0.1, 0.15) is 18.4 Å². The molecule has 4 heteroatoms. The monoisotopic (exact) mass is 239 g/mol. The van der Waals surface area contributed by atoms with Crippen molar-refractivity contribution >= 4 is 0 Å². The molecule has 1 aliphatic heterocycles. The van der Waals surface area contributed by atoms with Gasteiger partial charge in [-0.2, -0.15) is 0 Å². The van der Waals surface area contributed by atoms with Gasteiger partial charge in [0.2, 0.25) is 0 Å². The van der Waals surface area contributed by atoms with Gasteiger partial charge in [0, 0.05) is 18.7 Å². The molecule has 0 saturated carbocycles. The molecular weight excluding hydrogens is 221 g/mol. The smallest absolute Gasteiger partial charge is 0.169 e. The zero-order valence-electron chi connectivity index (χ0n) is 10.0. The quantitative estimate of drug-likeness (QED) is 0.873. The van der Waals surface area contributed by atoms with Gasteiger partial charge in [-0.1, -0.05) is 12.1 Å². The molecule has 1 N–H and O–H groups in total. The molecule has 1 aromatic carbocycles. The number of ether oxygens (including phenoxy) is 1. The third kappa shape index (κ3) is 2.96. The van der Waals surface area contributed by atoms with Crippen molar-refractivity contribution in [3.05, 3.63) is 29.6 Å². The lowest BCUT2D eigenvalue weighted by atomic mass is 10.1. The van der Waals surface area contributed by atoms with Gasteiger partial charge in [-0.3, -0.25) is 4.90 Å². The topological polar surface area (TPSA) is 32.7 Å². The third-order valence-corrected chi connectivity index (χ3v) is 3.14. The Morgan fingerprint density at radius 3 is 3.06 bits per heavy atom. The van der Waals surface area contributed by atoms with E-state index in [2.05, 4.69) is 4.90 Å². The molecule has 0 unspecified atom stereocenters. The molecule has 1 aliphatic rings. The van der Waals surface area contributed by atoms with Crippen molar-refractivity contribution in [1.82, 2.24) is 4.90 Å². The number of piperidine rings is 1. The molecule has 17 heavy (non-hydrogen) atoms. The molecule has 2 rings (SSSR count). The summed E-state index contributed by atoms with van der Waals surface area (Å²) in [7, 11) is 1.47. The van der Waals surface area contributed by atoms with Crippen molar-refractivity contribution in [2.75, 3.05) is 20.2 Å². The maximum absolute atomic E-state index is 13.9. The second-order valence-corrected chi connectivity index (χ2v) is 4.46. The third-order valence-electron chi connectivity index (χ3n) is 3.14. The van der Waals surface area contributed by atoms with Crippen molar-refractivity contribution in [1.29, 1.82) is 0 Å². The molecule has 0 bridgehead atoms. The van der Waals surface area contributed by atoms with Gasteiger partial charge in [0.15, 0.2) is 11.6 Å². The minimum absolute atomic E-state index is 0.278. The fourth-order valence-electron chi connectivity index (χ4n) is 2.25. The minimum Gasteiger partial charge on any atom is -0.494 e. The standard InChI is InChI=1S/C13H18FNO2/c1-17-12-6-2-4-10(13(12)14)8-15-7-3-5-11(16)9-15/h2,4,6,11,16H,3,5,7-9H2,1H3/t11-/m0/s1. The predicted molar refractivity (Wildman–Crippen MR) is 63.5 cm³/mol. The van der Waals surface area contributed by atoms with Crippen LogP contribution in [0.4, 0.5) is 4.39 Å². The largest absolute Gasteiger partial charge is 0.494 e. The Bertz CT molecular complexity index is 384. The lowest BCUT2D eigenvalue weighted by molar-refractivity contribution is 0.0662. The van der Waals surface area contributed by atoms with Gasteiger partial charge in [-0.15, -0.1) is 0 Å². The second kappa shape index (κ2) is 5.47. The van der Waals surface area contributed by atoms with E-state index in [0.717, 1.165) is 19.4 Å². The molecule has 1 fully saturated rings. The number of aliphatic hydroxyl groups excluding tert-OH is 1. The summed E-state index contributed by atoms with van der Waals surface area (Å²) >= 11 is 0. The number of rotatable bonds is 3. The van der Waals surface area contributed by atoms with Crippen molar-refractivity contribution in [2.24, 2.45) is 0 Å². The first-order chi connectivity index (χ1) is 8.20. The van der Waals surface area contributed by atoms with Gasteiger partial charge in [0.1, 0.15) is 0 Å². The normalized spacial score (nSPS) is 21.5. The van der Waals surface area contributed by atoms with Crippen LogP contribution in [0.15, 0.2) is 18.2 Å². The summed E-state index contributed by atoms with van der Waals surface area (Å²) in [5.74, 6) is -0.0184. The SMILES string of the molecule is COc1cccc(CN2CCC[C@H](O)C2)c1F. The Labute approximate surface area is 101 Å². The molecule has 0 spiro atoms. The molecule has 1 atom stereocenters. The van der Waals surface area contributed by atoms with E-state index in [1.165, 1.54) is 7.11 Å². The highest BCUT2D eigenvalue weighted by atomic mass is 19.1. The Kier molecular flexibility index (Phi) is 3.97. The van der Waals surface area contributed by atoms with Gasteiger partial charge in [0.05, 0.1) is 13.2 Å². The number of hydrogen-bond donors (Lipinski definition) is 1. The Morgan fingerprint density at radius 1 is 1.53 bits per heavy atom. The van der Waals surface area contributed by atoms with Crippen LogP contribution in [-0.4, -0.2) is 36.3 Å². The van der Waals surface area contributed by atoms with Crippen molar-refractivity contribution < 1.29 is 14.2 Å². The number of nitrogens with zero attached hydrogens (tertiary/aromatic N) is 1. The molecule has 1 saturated heterocycles. The number of benzene rings is 1. The number of hydrogen-bond acceptors (Lipinski definition) is 3.